The van der Waals surface area contributed by atoms with Gasteiger partial charge in [0.1, 0.15) is 11.6 Å². The number of rotatable bonds is 6. The van der Waals surface area contributed by atoms with Gasteiger partial charge in [0.15, 0.2) is 0 Å². The van der Waals surface area contributed by atoms with Crippen LogP contribution in [-0.4, -0.2) is 16.6 Å². The van der Waals surface area contributed by atoms with E-state index < -0.39 is 16.6 Å². The first kappa shape index (κ1) is 19.1. The van der Waals surface area contributed by atoms with Gasteiger partial charge in [-0.15, -0.1) is 0 Å². The second-order valence-corrected chi connectivity index (χ2v) is 5.94. The van der Waals surface area contributed by atoms with Crippen molar-refractivity contribution in [3.8, 4) is 6.07 Å². The molecule has 0 radical (unpaired) electrons. The van der Waals surface area contributed by atoms with Gasteiger partial charge in [0, 0.05) is 22.7 Å². The fourth-order valence-corrected chi connectivity index (χ4v) is 2.42. The van der Waals surface area contributed by atoms with E-state index >= 15 is 0 Å². The Labute approximate surface area is 151 Å². The molecule has 0 aliphatic carbocycles. The van der Waals surface area contributed by atoms with E-state index in [9.17, 15) is 23.7 Å². The van der Waals surface area contributed by atoms with E-state index in [1.54, 1.807) is 6.07 Å². The van der Waals surface area contributed by atoms with E-state index in [2.05, 4.69) is 5.32 Å². The van der Waals surface area contributed by atoms with Crippen LogP contribution in [0.4, 0.5) is 20.2 Å². The lowest BCUT2D eigenvalue weighted by Crippen LogP contribution is -2.13. The number of anilines is 1. The van der Waals surface area contributed by atoms with Gasteiger partial charge in [-0.05, 0) is 48.0 Å². The van der Waals surface area contributed by atoms with E-state index in [0.29, 0.717) is 27.9 Å². The Morgan fingerprint density at radius 2 is 1.81 bits per heavy atom. The van der Waals surface area contributed by atoms with Gasteiger partial charge >= 0.3 is 0 Å². The summed E-state index contributed by atoms with van der Waals surface area (Å²) in [5.41, 5.74) is 0.487. The highest BCUT2D eigenvalue weighted by molar-refractivity contribution is 7.99. The van der Waals surface area contributed by atoms with Crippen molar-refractivity contribution < 1.29 is 18.5 Å². The quantitative estimate of drug-likeness (QED) is 0.264. The zero-order valence-electron chi connectivity index (χ0n) is 13.1. The molecule has 0 aliphatic rings. The van der Waals surface area contributed by atoms with Crippen molar-refractivity contribution in [2.45, 2.75) is 10.7 Å². The standard InChI is InChI=1S/C17H11F2N3O3S/c18-17(19)26-15-7-3-13(4-8-15)21-16(23)12(10-20)9-11-1-5-14(6-2-11)22(24)25/h1-9,17H,(H,21,23)/b12-9+. The maximum absolute atomic E-state index is 12.3. The zero-order chi connectivity index (χ0) is 19.1. The van der Waals surface area contributed by atoms with Crippen LogP contribution < -0.4 is 5.32 Å². The summed E-state index contributed by atoms with van der Waals surface area (Å²) in [5, 5.41) is 22.3. The molecule has 0 spiro atoms. The summed E-state index contributed by atoms with van der Waals surface area (Å²) in [6, 6.07) is 12.9. The Bertz CT molecular complexity index is 876. The Hall–Kier alpha value is -3.25. The highest BCUT2D eigenvalue weighted by Gasteiger charge is 2.11. The van der Waals surface area contributed by atoms with Crippen LogP contribution in [0.3, 0.4) is 0 Å². The van der Waals surface area contributed by atoms with Crippen LogP contribution in [0.25, 0.3) is 6.08 Å². The van der Waals surface area contributed by atoms with Gasteiger partial charge in [0.2, 0.25) is 0 Å². The molecule has 0 saturated carbocycles. The fourth-order valence-electron chi connectivity index (χ4n) is 1.93. The summed E-state index contributed by atoms with van der Waals surface area (Å²) >= 11 is 0.384. The molecule has 1 N–H and O–H groups in total. The van der Waals surface area contributed by atoms with Gasteiger partial charge in [0.05, 0.1) is 4.92 Å². The third kappa shape index (κ3) is 5.39. The number of alkyl halides is 2. The van der Waals surface area contributed by atoms with Crippen molar-refractivity contribution >= 4 is 35.1 Å². The highest BCUT2D eigenvalue weighted by Crippen LogP contribution is 2.26. The van der Waals surface area contributed by atoms with Crippen molar-refractivity contribution in [1.29, 1.82) is 5.26 Å². The lowest BCUT2D eigenvalue weighted by Gasteiger charge is -2.06. The van der Waals surface area contributed by atoms with E-state index in [-0.39, 0.29) is 11.3 Å². The summed E-state index contributed by atoms with van der Waals surface area (Å²) in [5.74, 6) is -3.22. The van der Waals surface area contributed by atoms with Crippen LogP contribution in [0.2, 0.25) is 0 Å². The highest BCUT2D eigenvalue weighted by atomic mass is 32.2. The molecule has 2 rings (SSSR count). The summed E-state index contributed by atoms with van der Waals surface area (Å²) in [7, 11) is 0. The maximum atomic E-state index is 12.3. The van der Waals surface area contributed by atoms with Crippen LogP contribution in [0.1, 0.15) is 5.56 Å². The molecule has 2 aromatic carbocycles. The first-order valence-corrected chi connectivity index (χ1v) is 7.99. The first-order chi connectivity index (χ1) is 12.4. The number of amides is 1. The van der Waals surface area contributed by atoms with Crippen LogP contribution in [0.5, 0.6) is 0 Å². The molecular formula is C17H11F2N3O3S. The van der Waals surface area contributed by atoms with E-state index in [1.165, 1.54) is 54.6 Å². The third-order valence-corrected chi connectivity index (χ3v) is 3.84. The van der Waals surface area contributed by atoms with Crippen LogP contribution >= 0.6 is 11.8 Å². The number of carbonyl (C=O) groups is 1. The van der Waals surface area contributed by atoms with Gasteiger partial charge in [-0.1, -0.05) is 11.8 Å². The Morgan fingerprint density at radius 3 is 2.31 bits per heavy atom. The normalized spacial score (nSPS) is 11.1. The number of carbonyl (C=O) groups excluding carboxylic acids is 1. The van der Waals surface area contributed by atoms with Crippen molar-refractivity contribution in [2.75, 3.05) is 5.32 Å². The number of halogens is 2. The van der Waals surface area contributed by atoms with E-state index in [0.717, 1.165) is 0 Å². The predicted molar refractivity (Wildman–Crippen MR) is 93.6 cm³/mol. The third-order valence-electron chi connectivity index (χ3n) is 3.12. The molecule has 132 valence electrons. The molecule has 0 atom stereocenters. The number of nitro benzene ring substituents is 1. The van der Waals surface area contributed by atoms with E-state index in [4.69, 9.17) is 5.26 Å². The van der Waals surface area contributed by atoms with Crippen molar-refractivity contribution in [1.82, 2.24) is 0 Å². The minimum Gasteiger partial charge on any atom is -0.321 e. The summed E-state index contributed by atoms with van der Waals surface area (Å²) < 4.78 is 24.5. The Kier molecular flexibility index (Phi) is 6.41. The fraction of sp³-hybridized carbons (Fsp3) is 0.0588. The van der Waals surface area contributed by atoms with Gasteiger partial charge in [-0.25, -0.2) is 0 Å². The minimum absolute atomic E-state index is 0.105. The summed E-state index contributed by atoms with van der Waals surface area (Å²) in [6.07, 6.45) is 1.29. The second-order valence-electron chi connectivity index (χ2n) is 4.88. The average molecular weight is 375 g/mol. The molecule has 0 unspecified atom stereocenters. The molecule has 0 fully saturated rings. The zero-order valence-corrected chi connectivity index (χ0v) is 13.9. The van der Waals surface area contributed by atoms with E-state index in [1.807, 2.05) is 0 Å². The number of hydrogen-bond donors (Lipinski definition) is 1. The summed E-state index contributed by atoms with van der Waals surface area (Å²) in [6.45, 7) is 0. The second kappa shape index (κ2) is 8.73. The summed E-state index contributed by atoms with van der Waals surface area (Å²) in [4.78, 5) is 22.6. The van der Waals surface area contributed by atoms with Gasteiger partial charge in [-0.2, -0.15) is 14.0 Å². The van der Waals surface area contributed by atoms with Gasteiger partial charge < -0.3 is 5.32 Å². The molecule has 0 aliphatic heterocycles. The van der Waals surface area contributed by atoms with Crippen LogP contribution in [0, 0.1) is 21.4 Å². The number of hydrogen-bond acceptors (Lipinski definition) is 5. The number of nitrogens with zero attached hydrogens (tertiary/aromatic N) is 2. The molecule has 0 aromatic heterocycles. The molecule has 26 heavy (non-hydrogen) atoms. The molecule has 1 amide bonds. The lowest BCUT2D eigenvalue weighted by atomic mass is 10.1. The monoisotopic (exact) mass is 375 g/mol. The Balaban J connectivity index is 2.10. The number of nitro groups is 1. The van der Waals surface area contributed by atoms with Crippen molar-refractivity contribution in [2.24, 2.45) is 0 Å². The number of non-ortho nitro benzene ring substituents is 1. The molecule has 2 aromatic rings. The Morgan fingerprint density at radius 1 is 1.19 bits per heavy atom. The molecular weight excluding hydrogens is 364 g/mol. The number of benzene rings is 2. The maximum Gasteiger partial charge on any atom is 0.288 e. The first-order valence-electron chi connectivity index (χ1n) is 7.11. The topological polar surface area (TPSA) is 96.0 Å². The van der Waals surface area contributed by atoms with Gasteiger partial charge in [0.25, 0.3) is 17.4 Å². The molecule has 9 heteroatoms. The number of thioether (sulfide) groups is 1. The smallest absolute Gasteiger partial charge is 0.288 e. The largest absolute Gasteiger partial charge is 0.321 e. The molecule has 6 nitrogen and oxygen atoms in total. The van der Waals surface area contributed by atoms with Crippen LogP contribution in [-0.2, 0) is 4.79 Å². The molecule has 0 saturated heterocycles. The lowest BCUT2D eigenvalue weighted by molar-refractivity contribution is -0.384. The minimum atomic E-state index is -2.54. The van der Waals surface area contributed by atoms with Crippen LogP contribution in [0.15, 0.2) is 59.0 Å². The van der Waals surface area contributed by atoms with Crippen molar-refractivity contribution in [3.63, 3.8) is 0 Å². The average Bonchev–Trinajstić information content (AvgIpc) is 2.61. The predicted octanol–water partition coefficient (Wildman–Crippen LogP) is 4.46. The molecule has 0 heterocycles. The molecule has 0 bridgehead atoms. The van der Waals surface area contributed by atoms with Crippen molar-refractivity contribution in [3.05, 3.63) is 69.8 Å². The SMILES string of the molecule is N#C/C(=C\c1ccc([N+](=O)[O-])cc1)C(=O)Nc1ccc(SC(F)F)cc1. The number of nitrogens with one attached hydrogen (secondary N) is 1. The number of nitriles is 1. The van der Waals surface area contributed by atoms with Gasteiger partial charge in [-0.3, -0.25) is 14.9 Å².